The van der Waals surface area contributed by atoms with E-state index in [1.54, 1.807) is 42.6 Å². The predicted molar refractivity (Wildman–Crippen MR) is 109 cm³/mol. The maximum absolute atomic E-state index is 13.2. The van der Waals surface area contributed by atoms with Gasteiger partial charge < -0.3 is 9.26 Å². The molecule has 3 heterocycles. The first-order valence-corrected chi connectivity index (χ1v) is 10.6. The lowest BCUT2D eigenvalue weighted by atomic mass is 10.1. The number of pyridine rings is 1. The third-order valence-electron chi connectivity index (χ3n) is 4.58. The Hall–Kier alpha value is -3.13. The van der Waals surface area contributed by atoms with Crippen LogP contribution in [0.2, 0.25) is 0 Å². The van der Waals surface area contributed by atoms with Crippen LogP contribution in [0.3, 0.4) is 0 Å². The average Bonchev–Trinajstić information content (AvgIpc) is 3.24. The van der Waals surface area contributed by atoms with Crippen LogP contribution in [0.1, 0.15) is 25.3 Å². The van der Waals surface area contributed by atoms with Gasteiger partial charge in [-0.1, -0.05) is 5.16 Å². The molecule has 29 heavy (non-hydrogen) atoms. The van der Waals surface area contributed by atoms with E-state index in [4.69, 9.17) is 9.26 Å². The summed E-state index contributed by atoms with van der Waals surface area (Å²) in [6.45, 7) is 7.49. The van der Waals surface area contributed by atoms with Crippen LogP contribution >= 0.6 is 0 Å². The Bertz CT molecular complexity index is 1270. The monoisotopic (exact) mass is 411 g/mol. The Kier molecular flexibility index (Phi) is 4.66. The molecule has 0 fully saturated rings. The second-order valence-electron chi connectivity index (χ2n) is 7.08. The molecule has 0 atom stereocenters. The molecule has 0 aliphatic heterocycles. The zero-order valence-corrected chi connectivity index (χ0v) is 17.4. The highest BCUT2D eigenvalue weighted by atomic mass is 32.2. The molecule has 7 nitrogen and oxygen atoms in total. The molecule has 3 aromatic heterocycles. The summed E-state index contributed by atoms with van der Waals surface area (Å²) in [5.74, 6) is 1.28. The molecule has 0 spiro atoms. The topological polar surface area (TPSA) is 87.2 Å². The van der Waals surface area contributed by atoms with E-state index in [1.165, 1.54) is 10.2 Å². The van der Waals surface area contributed by atoms with Gasteiger partial charge in [0, 0.05) is 23.5 Å². The molecule has 1 aromatic carbocycles. The highest BCUT2D eigenvalue weighted by molar-refractivity contribution is 7.90. The van der Waals surface area contributed by atoms with E-state index in [-0.39, 0.29) is 11.0 Å². The molecule has 0 aliphatic rings. The number of ether oxygens (including phenoxy) is 1. The molecule has 150 valence electrons. The van der Waals surface area contributed by atoms with Crippen molar-refractivity contribution in [1.29, 1.82) is 0 Å². The highest BCUT2D eigenvalue weighted by Crippen LogP contribution is 2.30. The molecule has 0 unspecified atom stereocenters. The van der Waals surface area contributed by atoms with Gasteiger partial charge in [0.15, 0.2) is 0 Å². The molecule has 0 amide bonds. The maximum atomic E-state index is 13.2. The summed E-state index contributed by atoms with van der Waals surface area (Å²) in [6.07, 6.45) is 3.23. The summed E-state index contributed by atoms with van der Waals surface area (Å²) in [7, 11) is -3.79. The molecule has 0 bridgehead atoms. The van der Waals surface area contributed by atoms with Gasteiger partial charge in [-0.05, 0) is 64.1 Å². The first-order chi connectivity index (χ1) is 13.8. The second kappa shape index (κ2) is 7.04. The summed E-state index contributed by atoms with van der Waals surface area (Å²) in [5, 5.41) is 3.97. The summed E-state index contributed by atoms with van der Waals surface area (Å²) >= 11 is 0. The first kappa shape index (κ1) is 19.2. The predicted octanol–water partition coefficient (Wildman–Crippen LogP) is 4.33. The normalized spacial score (nSPS) is 12.0. The molecule has 0 aliphatic carbocycles. The average molecular weight is 411 g/mol. The lowest BCUT2D eigenvalue weighted by Crippen LogP contribution is -2.12. The van der Waals surface area contributed by atoms with Crippen molar-refractivity contribution in [3.8, 4) is 16.9 Å². The summed E-state index contributed by atoms with van der Waals surface area (Å²) < 4.78 is 38.6. The summed E-state index contributed by atoms with van der Waals surface area (Å²) in [4.78, 5) is 4.59. The van der Waals surface area contributed by atoms with Crippen molar-refractivity contribution in [2.45, 2.75) is 38.7 Å². The number of rotatable bonds is 5. The van der Waals surface area contributed by atoms with Gasteiger partial charge in [-0.2, -0.15) is 0 Å². The van der Waals surface area contributed by atoms with Gasteiger partial charge in [0.05, 0.1) is 27.7 Å². The van der Waals surface area contributed by atoms with Crippen LogP contribution in [0.15, 0.2) is 58.2 Å². The van der Waals surface area contributed by atoms with Gasteiger partial charge in [-0.25, -0.2) is 12.4 Å². The summed E-state index contributed by atoms with van der Waals surface area (Å²) in [5.41, 5.74) is 3.38. The van der Waals surface area contributed by atoms with Gasteiger partial charge in [0.1, 0.15) is 11.5 Å². The van der Waals surface area contributed by atoms with E-state index in [0.717, 1.165) is 16.8 Å². The van der Waals surface area contributed by atoms with Gasteiger partial charge in [-0.3, -0.25) is 4.98 Å². The van der Waals surface area contributed by atoms with E-state index in [0.29, 0.717) is 22.5 Å². The Morgan fingerprint density at radius 1 is 1.10 bits per heavy atom. The fourth-order valence-electron chi connectivity index (χ4n) is 3.30. The maximum Gasteiger partial charge on any atom is 0.268 e. The zero-order valence-electron chi connectivity index (χ0n) is 16.6. The molecular weight excluding hydrogens is 390 g/mol. The lowest BCUT2D eigenvalue weighted by molar-refractivity contribution is 0.242. The number of aryl methyl sites for hydroxylation is 2. The number of fused-ring (bicyclic) bond motifs is 1. The Balaban J connectivity index is 1.80. The number of benzene rings is 1. The molecule has 0 saturated heterocycles. The first-order valence-electron chi connectivity index (χ1n) is 9.20. The third kappa shape index (κ3) is 3.40. The van der Waals surface area contributed by atoms with E-state index in [9.17, 15) is 8.42 Å². The molecule has 4 aromatic rings. The van der Waals surface area contributed by atoms with E-state index >= 15 is 0 Å². The minimum Gasteiger partial charge on any atom is -0.491 e. The van der Waals surface area contributed by atoms with Crippen molar-refractivity contribution < 1.29 is 17.7 Å². The standard InChI is InChI=1S/C21H21N3O4S/c1-13(2)27-17-5-7-18(8-6-17)29(25,26)24-10-9-19-20(24)11-16(12-22-19)21-14(3)23-28-15(21)4/h5-13H,1-4H3. The number of hydrogen-bond donors (Lipinski definition) is 0. The van der Waals surface area contributed by atoms with Crippen LogP contribution in [-0.2, 0) is 10.0 Å². The molecular formula is C21H21N3O4S. The largest absolute Gasteiger partial charge is 0.491 e. The van der Waals surface area contributed by atoms with Crippen LogP contribution in [-0.4, -0.2) is 28.6 Å². The smallest absolute Gasteiger partial charge is 0.268 e. The van der Waals surface area contributed by atoms with Crippen LogP contribution in [0, 0.1) is 13.8 Å². The molecule has 0 radical (unpaired) electrons. The number of hydrogen-bond acceptors (Lipinski definition) is 6. The molecule has 4 rings (SSSR count). The van der Waals surface area contributed by atoms with E-state index < -0.39 is 10.0 Å². The minimum atomic E-state index is -3.79. The highest BCUT2D eigenvalue weighted by Gasteiger charge is 2.21. The van der Waals surface area contributed by atoms with Crippen molar-refractivity contribution in [1.82, 2.24) is 14.1 Å². The van der Waals surface area contributed by atoms with E-state index in [1.807, 2.05) is 27.7 Å². The van der Waals surface area contributed by atoms with Crippen LogP contribution in [0.25, 0.3) is 22.2 Å². The Labute approximate surface area is 169 Å². The Morgan fingerprint density at radius 3 is 2.45 bits per heavy atom. The van der Waals surface area contributed by atoms with Crippen LogP contribution in [0.4, 0.5) is 0 Å². The molecule has 8 heteroatoms. The van der Waals surface area contributed by atoms with Crippen molar-refractivity contribution in [2.75, 3.05) is 0 Å². The third-order valence-corrected chi connectivity index (χ3v) is 6.28. The van der Waals surface area contributed by atoms with Crippen molar-refractivity contribution in [3.05, 3.63) is 60.2 Å². The molecule has 0 N–H and O–H groups in total. The van der Waals surface area contributed by atoms with Crippen molar-refractivity contribution >= 4 is 21.1 Å². The van der Waals surface area contributed by atoms with Crippen molar-refractivity contribution in [2.24, 2.45) is 0 Å². The SMILES string of the molecule is Cc1noc(C)c1-c1cnc2ccn(S(=O)(=O)c3ccc(OC(C)C)cc3)c2c1. The quantitative estimate of drug-likeness (QED) is 0.486. The lowest BCUT2D eigenvalue weighted by Gasteiger charge is -2.11. The van der Waals surface area contributed by atoms with Gasteiger partial charge in [-0.15, -0.1) is 0 Å². The van der Waals surface area contributed by atoms with Gasteiger partial charge >= 0.3 is 0 Å². The van der Waals surface area contributed by atoms with Crippen LogP contribution in [0.5, 0.6) is 5.75 Å². The fraction of sp³-hybridized carbons (Fsp3) is 0.238. The van der Waals surface area contributed by atoms with Crippen molar-refractivity contribution in [3.63, 3.8) is 0 Å². The number of nitrogens with zero attached hydrogens (tertiary/aromatic N) is 3. The minimum absolute atomic E-state index is 0.0136. The van der Waals surface area contributed by atoms with E-state index in [2.05, 4.69) is 10.1 Å². The van der Waals surface area contributed by atoms with Crippen LogP contribution < -0.4 is 4.74 Å². The van der Waals surface area contributed by atoms with Gasteiger partial charge in [0.25, 0.3) is 10.0 Å². The second-order valence-corrected chi connectivity index (χ2v) is 8.90. The molecule has 0 saturated carbocycles. The summed E-state index contributed by atoms with van der Waals surface area (Å²) in [6, 6.07) is 9.88. The Morgan fingerprint density at radius 2 is 1.83 bits per heavy atom. The van der Waals surface area contributed by atoms with Gasteiger partial charge in [0.2, 0.25) is 0 Å². The fourth-order valence-corrected chi connectivity index (χ4v) is 4.64. The number of aromatic nitrogens is 3. The zero-order chi connectivity index (χ0) is 20.8.